The van der Waals surface area contributed by atoms with Gasteiger partial charge >= 0.3 is 6.03 Å². The maximum Gasteiger partial charge on any atom is 0.321 e. The summed E-state index contributed by atoms with van der Waals surface area (Å²) in [5, 5.41) is 16.1. The zero-order chi connectivity index (χ0) is 15.0. The molecule has 2 saturated heterocycles. The molecule has 0 saturated carbocycles. The van der Waals surface area contributed by atoms with Crippen LogP contribution in [0.2, 0.25) is 0 Å². The number of para-hydroxylation sites is 1. The van der Waals surface area contributed by atoms with Crippen molar-refractivity contribution in [3.8, 4) is 0 Å². The number of aryl methyl sites for hydroxylation is 2. The van der Waals surface area contributed by atoms with E-state index in [4.69, 9.17) is 0 Å². The maximum absolute atomic E-state index is 12.5. The molecule has 5 heteroatoms. The Balaban J connectivity index is 1.73. The number of carbonyl (C=O) groups is 1. The molecule has 2 fully saturated rings. The van der Waals surface area contributed by atoms with Crippen LogP contribution < -0.4 is 10.6 Å². The van der Waals surface area contributed by atoms with Gasteiger partial charge in [-0.1, -0.05) is 18.2 Å². The van der Waals surface area contributed by atoms with Gasteiger partial charge in [-0.05, 0) is 30.9 Å². The van der Waals surface area contributed by atoms with Gasteiger partial charge in [0.15, 0.2) is 0 Å². The monoisotopic (exact) mass is 289 g/mol. The standard InChI is InChI=1S/C16H23N3O2/c1-11-4-3-5-12(2)14(11)18-15(21)19-7-13-6-17-8-16(13,9-19)10-20/h3-5,13,17,20H,6-10H2,1-2H3,(H,18,21). The van der Waals surface area contributed by atoms with E-state index in [2.05, 4.69) is 10.6 Å². The number of urea groups is 1. The van der Waals surface area contributed by atoms with Gasteiger partial charge in [0.25, 0.3) is 0 Å². The van der Waals surface area contributed by atoms with Gasteiger partial charge in [-0.3, -0.25) is 0 Å². The first-order valence-corrected chi connectivity index (χ1v) is 7.49. The number of fused-ring (bicyclic) bond motifs is 1. The Morgan fingerprint density at radius 1 is 1.48 bits per heavy atom. The Hall–Kier alpha value is -1.59. The lowest BCUT2D eigenvalue weighted by molar-refractivity contribution is 0.127. The molecule has 2 aliphatic heterocycles. The highest BCUT2D eigenvalue weighted by Crippen LogP contribution is 2.38. The van der Waals surface area contributed by atoms with Gasteiger partial charge in [0.2, 0.25) is 0 Å². The van der Waals surface area contributed by atoms with E-state index < -0.39 is 0 Å². The normalized spacial score (nSPS) is 27.8. The number of hydrogen-bond acceptors (Lipinski definition) is 3. The minimum Gasteiger partial charge on any atom is -0.396 e. The first-order valence-electron chi connectivity index (χ1n) is 7.49. The number of amides is 2. The zero-order valence-electron chi connectivity index (χ0n) is 12.6. The molecule has 1 aromatic carbocycles. The molecule has 0 aliphatic carbocycles. The molecule has 2 amide bonds. The Labute approximate surface area is 125 Å². The molecule has 2 unspecified atom stereocenters. The van der Waals surface area contributed by atoms with E-state index in [1.807, 2.05) is 36.9 Å². The van der Waals surface area contributed by atoms with Crippen LogP contribution in [-0.2, 0) is 0 Å². The summed E-state index contributed by atoms with van der Waals surface area (Å²) in [4.78, 5) is 14.4. The zero-order valence-corrected chi connectivity index (χ0v) is 12.6. The van der Waals surface area contributed by atoms with E-state index >= 15 is 0 Å². The first-order chi connectivity index (χ1) is 10.1. The molecule has 0 aromatic heterocycles. The van der Waals surface area contributed by atoms with Crippen molar-refractivity contribution in [1.82, 2.24) is 10.2 Å². The Morgan fingerprint density at radius 3 is 2.81 bits per heavy atom. The predicted molar refractivity (Wildman–Crippen MR) is 82.4 cm³/mol. The number of likely N-dealkylation sites (tertiary alicyclic amines) is 1. The van der Waals surface area contributed by atoms with Crippen LogP contribution in [-0.4, -0.2) is 48.8 Å². The number of nitrogens with one attached hydrogen (secondary N) is 2. The van der Waals surface area contributed by atoms with Crippen LogP contribution in [0.15, 0.2) is 18.2 Å². The Morgan fingerprint density at radius 2 is 2.19 bits per heavy atom. The van der Waals surface area contributed by atoms with Crippen molar-refractivity contribution in [2.45, 2.75) is 13.8 Å². The lowest BCUT2D eigenvalue weighted by atomic mass is 9.82. The van der Waals surface area contributed by atoms with Gasteiger partial charge in [-0.2, -0.15) is 0 Å². The minimum atomic E-state index is -0.155. The number of aliphatic hydroxyl groups is 1. The molecule has 3 rings (SSSR count). The van der Waals surface area contributed by atoms with E-state index in [-0.39, 0.29) is 18.1 Å². The summed E-state index contributed by atoms with van der Waals surface area (Å²) in [6.07, 6.45) is 0. The molecule has 3 N–H and O–H groups in total. The van der Waals surface area contributed by atoms with Crippen molar-refractivity contribution < 1.29 is 9.90 Å². The minimum absolute atomic E-state index is 0.0605. The lowest BCUT2D eigenvalue weighted by Gasteiger charge is -2.25. The number of rotatable bonds is 2. The second-order valence-corrected chi connectivity index (χ2v) is 6.43. The molecular formula is C16H23N3O2. The van der Waals surface area contributed by atoms with Crippen molar-refractivity contribution >= 4 is 11.7 Å². The third-order valence-electron chi connectivity index (χ3n) is 5.00. The fourth-order valence-corrected chi connectivity index (χ4v) is 3.60. The SMILES string of the molecule is Cc1cccc(C)c1NC(=O)N1CC2CNCC2(CO)C1. The molecule has 1 aromatic rings. The number of benzene rings is 1. The second-order valence-electron chi connectivity index (χ2n) is 6.43. The van der Waals surface area contributed by atoms with Crippen molar-refractivity contribution in [2.75, 3.05) is 38.1 Å². The van der Waals surface area contributed by atoms with Crippen LogP contribution in [0.25, 0.3) is 0 Å². The van der Waals surface area contributed by atoms with E-state index in [1.54, 1.807) is 0 Å². The summed E-state index contributed by atoms with van der Waals surface area (Å²) in [5.41, 5.74) is 2.89. The highest BCUT2D eigenvalue weighted by molar-refractivity contribution is 5.91. The second kappa shape index (κ2) is 5.31. The highest BCUT2D eigenvalue weighted by atomic mass is 16.3. The predicted octanol–water partition coefficient (Wildman–Crippen LogP) is 1.35. The molecule has 5 nitrogen and oxygen atoms in total. The summed E-state index contributed by atoms with van der Waals surface area (Å²) in [6, 6.07) is 5.93. The van der Waals surface area contributed by atoms with Gasteiger partial charge in [-0.15, -0.1) is 0 Å². The van der Waals surface area contributed by atoms with E-state index in [0.717, 1.165) is 29.9 Å². The van der Waals surface area contributed by atoms with Crippen LogP contribution in [0.4, 0.5) is 10.5 Å². The molecule has 2 heterocycles. The topological polar surface area (TPSA) is 64.6 Å². The fraction of sp³-hybridized carbons (Fsp3) is 0.562. The summed E-state index contributed by atoms with van der Waals surface area (Å²) in [5.74, 6) is 0.353. The van der Waals surface area contributed by atoms with Crippen molar-refractivity contribution in [3.05, 3.63) is 29.3 Å². The number of aliphatic hydroxyl groups excluding tert-OH is 1. The third-order valence-corrected chi connectivity index (χ3v) is 5.00. The summed E-state index contributed by atoms with van der Waals surface area (Å²) >= 11 is 0. The van der Waals surface area contributed by atoms with E-state index in [1.165, 1.54) is 0 Å². The highest BCUT2D eigenvalue weighted by Gasteiger charge is 2.50. The smallest absolute Gasteiger partial charge is 0.321 e. The third kappa shape index (κ3) is 2.40. The van der Waals surface area contributed by atoms with Gasteiger partial charge < -0.3 is 20.6 Å². The summed E-state index contributed by atoms with van der Waals surface area (Å²) in [7, 11) is 0. The molecule has 21 heavy (non-hydrogen) atoms. The number of hydrogen-bond donors (Lipinski definition) is 3. The first kappa shape index (κ1) is 14.4. The molecule has 114 valence electrons. The largest absolute Gasteiger partial charge is 0.396 e. The molecule has 0 bridgehead atoms. The van der Waals surface area contributed by atoms with Crippen LogP contribution in [0.1, 0.15) is 11.1 Å². The molecule has 2 aliphatic rings. The van der Waals surface area contributed by atoms with Gasteiger partial charge in [-0.25, -0.2) is 4.79 Å². The van der Waals surface area contributed by atoms with Gasteiger partial charge in [0.1, 0.15) is 0 Å². The quantitative estimate of drug-likeness (QED) is 0.770. The molecule has 0 spiro atoms. The van der Waals surface area contributed by atoms with Crippen LogP contribution >= 0.6 is 0 Å². The van der Waals surface area contributed by atoms with Crippen LogP contribution in [0.5, 0.6) is 0 Å². The summed E-state index contributed by atoms with van der Waals surface area (Å²) < 4.78 is 0. The Bertz CT molecular complexity index is 540. The van der Waals surface area contributed by atoms with Crippen molar-refractivity contribution in [1.29, 1.82) is 0 Å². The number of nitrogens with zero attached hydrogens (tertiary/aromatic N) is 1. The molecule has 0 radical (unpaired) electrons. The van der Waals surface area contributed by atoms with E-state index in [0.29, 0.717) is 19.0 Å². The maximum atomic E-state index is 12.5. The fourth-order valence-electron chi connectivity index (χ4n) is 3.60. The van der Waals surface area contributed by atoms with Gasteiger partial charge in [0.05, 0.1) is 6.61 Å². The molecular weight excluding hydrogens is 266 g/mol. The summed E-state index contributed by atoms with van der Waals surface area (Å²) in [6.45, 7) is 7.15. The van der Waals surface area contributed by atoms with Crippen molar-refractivity contribution in [2.24, 2.45) is 11.3 Å². The van der Waals surface area contributed by atoms with Crippen molar-refractivity contribution in [3.63, 3.8) is 0 Å². The Kier molecular flexibility index (Phi) is 3.63. The average Bonchev–Trinajstić information content (AvgIpc) is 3.00. The number of anilines is 1. The number of carbonyl (C=O) groups excluding carboxylic acids is 1. The molecule has 2 atom stereocenters. The lowest BCUT2D eigenvalue weighted by Crippen LogP contribution is -2.39. The van der Waals surface area contributed by atoms with Crippen LogP contribution in [0, 0.1) is 25.2 Å². The van der Waals surface area contributed by atoms with E-state index in [9.17, 15) is 9.90 Å². The average molecular weight is 289 g/mol. The van der Waals surface area contributed by atoms with Gasteiger partial charge in [0, 0.05) is 37.3 Å². The van der Waals surface area contributed by atoms with Crippen LogP contribution in [0.3, 0.4) is 0 Å².